The summed E-state index contributed by atoms with van der Waals surface area (Å²) in [5, 5.41) is 0. The van der Waals surface area contributed by atoms with Crippen LogP contribution < -0.4 is 0 Å². The van der Waals surface area contributed by atoms with Gasteiger partial charge in [0.25, 0.3) is 0 Å². The molecule has 82 valence electrons. The lowest BCUT2D eigenvalue weighted by atomic mass is 9.94. The van der Waals surface area contributed by atoms with Crippen LogP contribution in [0.1, 0.15) is 45.4 Å². The standard InChI is InChI=1S/C11H20ClNO/c1-2-11(14)13(9-8-12)10-6-4-3-5-7-10/h10H,2-9H2,1H3. The molecule has 0 aromatic rings. The molecule has 1 aliphatic rings. The number of rotatable bonds is 4. The molecule has 1 amide bonds. The van der Waals surface area contributed by atoms with Gasteiger partial charge in [-0.05, 0) is 12.8 Å². The molecule has 1 aliphatic carbocycles. The van der Waals surface area contributed by atoms with Crippen molar-refractivity contribution in [2.75, 3.05) is 12.4 Å². The zero-order valence-electron chi connectivity index (χ0n) is 8.97. The SMILES string of the molecule is CCC(=O)N(CCCl)C1CCCCC1. The summed E-state index contributed by atoms with van der Waals surface area (Å²) in [4.78, 5) is 13.7. The maximum atomic E-state index is 11.7. The van der Waals surface area contributed by atoms with Gasteiger partial charge >= 0.3 is 0 Å². The first kappa shape index (κ1) is 11.8. The van der Waals surface area contributed by atoms with Crippen molar-refractivity contribution in [1.82, 2.24) is 4.90 Å². The highest BCUT2D eigenvalue weighted by Gasteiger charge is 2.23. The molecule has 0 atom stereocenters. The van der Waals surface area contributed by atoms with E-state index < -0.39 is 0 Å². The summed E-state index contributed by atoms with van der Waals surface area (Å²) in [7, 11) is 0. The lowest BCUT2D eigenvalue weighted by Crippen LogP contribution is -2.42. The largest absolute Gasteiger partial charge is 0.339 e. The summed E-state index contributed by atoms with van der Waals surface area (Å²) in [6, 6.07) is 0.468. The zero-order valence-corrected chi connectivity index (χ0v) is 9.72. The molecule has 2 nitrogen and oxygen atoms in total. The average molecular weight is 218 g/mol. The molecule has 1 saturated carbocycles. The van der Waals surface area contributed by atoms with E-state index in [1.165, 1.54) is 32.1 Å². The molecule has 1 rings (SSSR count). The second-order valence-corrected chi connectivity index (χ2v) is 4.30. The molecule has 0 aliphatic heterocycles. The fourth-order valence-corrected chi connectivity index (χ4v) is 2.38. The Morgan fingerprint density at radius 1 is 1.36 bits per heavy atom. The minimum absolute atomic E-state index is 0.262. The lowest BCUT2D eigenvalue weighted by molar-refractivity contribution is -0.133. The molecular weight excluding hydrogens is 198 g/mol. The number of halogens is 1. The first-order valence-corrected chi connectivity index (χ1v) is 6.18. The van der Waals surface area contributed by atoms with E-state index in [9.17, 15) is 4.79 Å². The second kappa shape index (κ2) is 6.28. The summed E-state index contributed by atoms with van der Waals surface area (Å²) in [5.41, 5.74) is 0. The minimum atomic E-state index is 0.262. The van der Waals surface area contributed by atoms with Crippen LogP contribution in [0.3, 0.4) is 0 Å². The van der Waals surface area contributed by atoms with Crippen LogP contribution in [-0.4, -0.2) is 29.3 Å². The van der Waals surface area contributed by atoms with E-state index >= 15 is 0 Å². The summed E-state index contributed by atoms with van der Waals surface area (Å²) in [6.45, 7) is 2.64. The van der Waals surface area contributed by atoms with Crippen LogP contribution in [0.5, 0.6) is 0 Å². The van der Waals surface area contributed by atoms with Gasteiger partial charge in [0.15, 0.2) is 0 Å². The van der Waals surface area contributed by atoms with Crippen LogP contribution in [0.2, 0.25) is 0 Å². The van der Waals surface area contributed by atoms with Crippen molar-refractivity contribution in [3.05, 3.63) is 0 Å². The average Bonchev–Trinajstić information content (AvgIpc) is 2.26. The topological polar surface area (TPSA) is 20.3 Å². The van der Waals surface area contributed by atoms with Crippen molar-refractivity contribution in [3.63, 3.8) is 0 Å². The van der Waals surface area contributed by atoms with Gasteiger partial charge in [0, 0.05) is 24.9 Å². The number of nitrogens with zero attached hydrogens (tertiary/aromatic N) is 1. The summed E-state index contributed by atoms with van der Waals surface area (Å²) in [6.07, 6.45) is 6.80. The van der Waals surface area contributed by atoms with Crippen molar-refractivity contribution < 1.29 is 4.79 Å². The smallest absolute Gasteiger partial charge is 0.222 e. The highest BCUT2D eigenvalue weighted by atomic mass is 35.5. The third kappa shape index (κ3) is 3.16. The van der Waals surface area contributed by atoms with Crippen LogP contribution in [0.15, 0.2) is 0 Å². The molecule has 1 fully saturated rings. The fourth-order valence-electron chi connectivity index (χ4n) is 2.20. The summed E-state index contributed by atoms with van der Waals surface area (Å²) < 4.78 is 0. The van der Waals surface area contributed by atoms with Crippen molar-refractivity contribution in [1.29, 1.82) is 0 Å². The van der Waals surface area contributed by atoms with E-state index in [1.807, 2.05) is 11.8 Å². The Morgan fingerprint density at radius 3 is 2.50 bits per heavy atom. The summed E-state index contributed by atoms with van der Waals surface area (Å²) >= 11 is 5.72. The monoisotopic (exact) mass is 217 g/mol. The molecule has 0 spiro atoms. The van der Waals surface area contributed by atoms with Crippen LogP contribution in [0.4, 0.5) is 0 Å². The van der Waals surface area contributed by atoms with E-state index in [0.29, 0.717) is 18.3 Å². The highest BCUT2D eigenvalue weighted by molar-refractivity contribution is 6.18. The van der Waals surface area contributed by atoms with E-state index in [2.05, 4.69) is 0 Å². The second-order valence-electron chi connectivity index (χ2n) is 3.92. The number of amides is 1. The van der Waals surface area contributed by atoms with E-state index in [-0.39, 0.29) is 5.91 Å². The first-order valence-electron chi connectivity index (χ1n) is 5.65. The Kier molecular flexibility index (Phi) is 5.31. The van der Waals surface area contributed by atoms with E-state index in [0.717, 1.165) is 6.54 Å². The van der Waals surface area contributed by atoms with Gasteiger partial charge < -0.3 is 4.90 Å². The molecule has 0 unspecified atom stereocenters. The van der Waals surface area contributed by atoms with Crippen molar-refractivity contribution in [2.45, 2.75) is 51.5 Å². The Balaban J connectivity index is 2.50. The van der Waals surface area contributed by atoms with Gasteiger partial charge in [0.05, 0.1) is 0 Å². The molecule has 0 bridgehead atoms. The van der Waals surface area contributed by atoms with Crippen molar-refractivity contribution in [3.8, 4) is 0 Å². The Morgan fingerprint density at radius 2 is 2.00 bits per heavy atom. The first-order chi connectivity index (χ1) is 6.79. The number of carbonyl (C=O) groups is 1. The molecule has 0 radical (unpaired) electrons. The third-order valence-corrected chi connectivity index (χ3v) is 3.13. The number of carbonyl (C=O) groups excluding carboxylic acids is 1. The van der Waals surface area contributed by atoms with Crippen LogP contribution >= 0.6 is 11.6 Å². The minimum Gasteiger partial charge on any atom is -0.339 e. The van der Waals surface area contributed by atoms with Gasteiger partial charge in [-0.25, -0.2) is 0 Å². The molecule has 0 N–H and O–H groups in total. The van der Waals surface area contributed by atoms with Crippen molar-refractivity contribution in [2.24, 2.45) is 0 Å². The molecule has 0 aromatic carbocycles. The van der Waals surface area contributed by atoms with E-state index in [4.69, 9.17) is 11.6 Å². The number of hydrogen-bond donors (Lipinski definition) is 0. The Hall–Kier alpha value is -0.240. The van der Waals surface area contributed by atoms with Gasteiger partial charge in [-0.15, -0.1) is 11.6 Å². The fraction of sp³-hybridized carbons (Fsp3) is 0.909. The highest BCUT2D eigenvalue weighted by Crippen LogP contribution is 2.23. The Labute approximate surface area is 91.6 Å². The van der Waals surface area contributed by atoms with Crippen LogP contribution in [0, 0.1) is 0 Å². The zero-order chi connectivity index (χ0) is 10.4. The quantitative estimate of drug-likeness (QED) is 0.664. The maximum absolute atomic E-state index is 11.7. The number of alkyl halides is 1. The molecule has 14 heavy (non-hydrogen) atoms. The van der Waals surface area contributed by atoms with Gasteiger partial charge in [0.1, 0.15) is 0 Å². The van der Waals surface area contributed by atoms with Gasteiger partial charge in [-0.2, -0.15) is 0 Å². The van der Waals surface area contributed by atoms with Gasteiger partial charge in [0.2, 0.25) is 5.91 Å². The number of hydrogen-bond acceptors (Lipinski definition) is 1. The molecule has 0 heterocycles. The molecule has 0 saturated heterocycles. The van der Waals surface area contributed by atoms with E-state index in [1.54, 1.807) is 0 Å². The van der Waals surface area contributed by atoms with Crippen LogP contribution in [-0.2, 0) is 4.79 Å². The maximum Gasteiger partial charge on any atom is 0.222 e. The molecule has 0 aromatic heterocycles. The summed E-state index contributed by atoms with van der Waals surface area (Å²) in [5.74, 6) is 0.819. The predicted molar refractivity (Wildman–Crippen MR) is 59.6 cm³/mol. The third-order valence-electron chi connectivity index (χ3n) is 2.96. The van der Waals surface area contributed by atoms with Gasteiger partial charge in [-0.3, -0.25) is 4.79 Å². The normalized spacial score (nSPS) is 18.1. The van der Waals surface area contributed by atoms with Crippen LogP contribution in [0.25, 0.3) is 0 Å². The lowest BCUT2D eigenvalue weighted by Gasteiger charge is -2.33. The molecule has 3 heteroatoms. The van der Waals surface area contributed by atoms with Gasteiger partial charge in [-0.1, -0.05) is 26.2 Å². The molecular formula is C11H20ClNO. The van der Waals surface area contributed by atoms with Crippen molar-refractivity contribution >= 4 is 17.5 Å². The Bertz CT molecular complexity index is 178. The predicted octanol–water partition coefficient (Wildman–Crippen LogP) is 2.80.